The Bertz CT molecular complexity index is 1100. The van der Waals surface area contributed by atoms with Crippen LogP contribution in [0.5, 0.6) is 5.75 Å². The first kappa shape index (κ1) is 23.1. The predicted octanol–water partition coefficient (Wildman–Crippen LogP) is 4.92. The highest BCUT2D eigenvalue weighted by Crippen LogP contribution is 2.21. The number of hydrogen-bond acceptors (Lipinski definition) is 5. The van der Waals surface area contributed by atoms with Crippen LogP contribution in [0.1, 0.15) is 28.2 Å². The second kappa shape index (κ2) is 11.2. The number of thiazole rings is 1. The zero-order chi connectivity index (χ0) is 23.0. The van der Waals surface area contributed by atoms with Gasteiger partial charge in [-0.05, 0) is 43.2 Å². The minimum absolute atomic E-state index is 0.00330. The summed E-state index contributed by atoms with van der Waals surface area (Å²) in [7, 11) is 0. The summed E-state index contributed by atoms with van der Waals surface area (Å²) >= 11 is 1.60. The number of aromatic nitrogens is 1. The lowest BCUT2D eigenvalue weighted by Crippen LogP contribution is -2.34. The van der Waals surface area contributed by atoms with Crippen molar-refractivity contribution in [2.24, 2.45) is 0 Å². The average molecular weight is 466 g/mol. The van der Waals surface area contributed by atoms with Gasteiger partial charge in [0.05, 0.1) is 10.7 Å². The van der Waals surface area contributed by atoms with Gasteiger partial charge < -0.3 is 9.64 Å². The van der Waals surface area contributed by atoms with Gasteiger partial charge in [-0.2, -0.15) is 0 Å². The Morgan fingerprint density at radius 1 is 1.12 bits per heavy atom. The zero-order valence-electron chi connectivity index (χ0n) is 18.7. The first-order chi connectivity index (χ1) is 16.1. The molecule has 1 aromatic heterocycles. The van der Waals surface area contributed by atoms with Crippen LogP contribution in [0, 0.1) is 12.7 Å². The monoisotopic (exact) mass is 465 g/mol. The summed E-state index contributed by atoms with van der Waals surface area (Å²) in [6, 6.07) is 14.3. The third kappa shape index (κ3) is 6.73. The van der Waals surface area contributed by atoms with E-state index in [-0.39, 0.29) is 11.7 Å². The Hall–Kier alpha value is -3.03. The molecule has 0 radical (unpaired) electrons. The molecule has 1 saturated heterocycles. The number of amides is 1. The van der Waals surface area contributed by atoms with Crippen molar-refractivity contribution in [3.63, 3.8) is 0 Å². The number of carbonyl (C=O) groups excluding carboxylic acids is 1. The Kier molecular flexibility index (Phi) is 7.86. The Balaban J connectivity index is 1.32. The quantitative estimate of drug-likeness (QED) is 0.465. The summed E-state index contributed by atoms with van der Waals surface area (Å²) in [5, 5.41) is 3.01. The molecule has 7 heteroatoms. The number of ether oxygens (including phenoxy) is 1. The maximum Gasteiger partial charge on any atom is 0.246 e. The van der Waals surface area contributed by atoms with E-state index >= 15 is 0 Å². The second-order valence-electron chi connectivity index (χ2n) is 8.10. The third-order valence-corrected chi connectivity index (χ3v) is 6.41. The molecule has 0 N–H and O–H groups in total. The summed E-state index contributed by atoms with van der Waals surface area (Å²) in [5.41, 5.74) is 2.85. The van der Waals surface area contributed by atoms with Crippen LogP contribution in [0.4, 0.5) is 4.39 Å². The van der Waals surface area contributed by atoms with E-state index in [1.165, 1.54) is 12.1 Å². The van der Waals surface area contributed by atoms with Crippen molar-refractivity contribution in [2.45, 2.75) is 26.5 Å². The zero-order valence-corrected chi connectivity index (χ0v) is 19.6. The predicted molar refractivity (Wildman–Crippen MR) is 130 cm³/mol. The van der Waals surface area contributed by atoms with E-state index in [1.807, 2.05) is 59.7 Å². The number of para-hydroxylation sites is 1. The van der Waals surface area contributed by atoms with Gasteiger partial charge in [-0.1, -0.05) is 30.3 Å². The Morgan fingerprint density at radius 2 is 1.94 bits per heavy atom. The van der Waals surface area contributed by atoms with Gasteiger partial charge >= 0.3 is 0 Å². The van der Waals surface area contributed by atoms with E-state index in [2.05, 4.69) is 9.88 Å². The van der Waals surface area contributed by atoms with Crippen LogP contribution >= 0.6 is 11.3 Å². The SMILES string of the molecule is Cc1nc(COc2ccccc2/C=C/C(=O)N2CCCN(Cc3ccc(F)cc3)CC2)cs1. The van der Waals surface area contributed by atoms with Crippen LogP contribution in [-0.4, -0.2) is 46.9 Å². The van der Waals surface area contributed by atoms with Crippen molar-refractivity contribution in [3.8, 4) is 5.75 Å². The van der Waals surface area contributed by atoms with Gasteiger partial charge in [0, 0.05) is 49.7 Å². The third-order valence-electron chi connectivity index (χ3n) is 5.59. The number of halogens is 1. The van der Waals surface area contributed by atoms with Crippen molar-refractivity contribution in [2.75, 3.05) is 26.2 Å². The van der Waals surface area contributed by atoms with E-state index in [1.54, 1.807) is 17.4 Å². The fourth-order valence-corrected chi connectivity index (χ4v) is 4.44. The molecule has 4 rings (SSSR count). The van der Waals surface area contributed by atoms with Gasteiger partial charge in [0.2, 0.25) is 5.91 Å². The molecule has 0 spiro atoms. The maximum absolute atomic E-state index is 13.1. The largest absolute Gasteiger partial charge is 0.487 e. The first-order valence-corrected chi connectivity index (χ1v) is 12.0. The number of nitrogens with zero attached hydrogens (tertiary/aromatic N) is 3. The lowest BCUT2D eigenvalue weighted by molar-refractivity contribution is -0.125. The fourth-order valence-electron chi connectivity index (χ4n) is 3.84. The molecule has 0 saturated carbocycles. The summed E-state index contributed by atoms with van der Waals surface area (Å²) in [5.74, 6) is 0.514. The first-order valence-electron chi connectivity index (χ1n) is 11.1. The molecule has 0 bridgehead atoms. The van der Waals surface area contributed by atoms with Gasteiger partial charge in [0.25, 0.3) is 0 Å². The summed E-state index contributed by atoms with van der Waals surface area (Å²) in [6.45, 7) is 6.25. The van der Waals surface area contributed by atoms with Crippen LogP contribution in [0.25, 0.3) is 6.08 Å². The van der Waals surface area contributed by atoms with Crippen LogP contribution in [0.3, 0.4) is 0 Å². The molecule has 1 aliphatic heterocycles. The molecular weight excluding hydrogens is 437 g/mol. The van der Waals surface area contributed by atoms with Gasteiger partial charge in [-0.25, -0.2) is 9.37 Å². The minimum Gasteiger partial charge on any atom is -0.487 e. The number of rotatable bonds is 7. The molecule has 0 atom stereocenters. The Labute approximate surface area is 198 Å². The molecule has 1 amide bonds. The molecule has 2 aromatic carbocycles. The summed E-state index contributed by atoms with van der Waals surface area (Å²) in [6.07, 6.45) is 4.36. The van der Waals surface area contributed by atoms with E-state index in [9.17, 15) is 9.18 Å². The van der Waals surface area contributed by atoms with Crippen molar-refractivity contribution in [1.82, 2.24) is 14.8 Å². The molecule has 1 aliphatic rings. The van der Waals surface area contributed by atoms with Crippen LogP contribution in [0.2, 0.25) is 0 Å². The highest BCUT2D eigenvalue weighted by Gasteiger charge is 2.18. The number of carbonyl (C=O) groups is 1. The lowest BCUT2D eigenvalue weighted by atomic mass is 10.2. The molecule has 2 heterocycles. The lowest BCUT2D eigenvalue weighted by Gasteiger charge is -2.21. The number of benzene rings is 2. The van der Waals surface area contributed by atoms with E-state index in [0.29, 0.717) is 13.2 Å². The van der Waals surface area contributed by atoms with E-state index in [4.69, 9.17) is 4.74 Å². The minimum atomic E-state index is -0.219. The highest BCUT2D eigenvalue weighted by atomic mass is 32.1. The molecule has 1 fully saturated rings. The molecule has 0 aliphatic carbocycles. The van der Waals surface area contributed by atoms with Crippen molar-refractivity contribution < 1.29 is 13.9 Å². The van der Waals surface area contributed by atoms with Crippen molar-refractivity contribution in [1.29, 1.82) is 0 Å². The second-order valence-corrected chi connectivity index (χ2v) is 9.16. The van der Waals surface area contributed by atoms with Crippen LogP contribution in [-0.2, 0) is 17.9 Å². The fraction of sp³-hybridized carbons (Fsp3) is 0.308. The van der Waals surface area contributed by atoms with Gasteiger partial charge in [0.15, 0.2) is 0 Å². The Morgan fingerprint density at radius 3 is 2.73 bits per heavy atom. The van der Waals surface area contributed by atoms with Crippen LogP contribution < -0.4 is 4.74 Å². The molecule has 5 nitrogen and oxygen atoms in total. The normalized spacial score (nSPS) is 15.0. The van der Waals surface area contributed by atoms with Gasteiger partial charge in [-0.3, -0.25) is 9.69 Å². The topological polar surface area (TPSA) is 45.7 Å². The van der Waals surface area contributed by atoms with Gasteiger partial charge in [-0.15, -0.1) is 11.3 Å². The number of aryl methyl sites for hydroxylation is 1. The number of hydrogen-bond donors (Lipinski definition) is 0. The average Bonchev–Trinajstić information content (AvgIpc) is 3.10. The van der Waals surface area contributed by atoms with Crippen molar-refractivity contribution >= 4 is 23.3 Å². The molecule has 0 unspecified atom stereocenters. The van der Waals surface area contributed by atoms with Crippen LogP contribution in [0.15, 0.2) is 60.0 Å². The molecule has 3 aromatic rings. The standard InChI is InChI=1S/C26H28FN3O2S/c1-20-28-24(19-33-20)18-32-25-6-3-2-5-22(25)9-12-26(31)30-14-4-13-29(15-16-30)17-21-7-10-23(27)11-8-21/h2-3,5-12,19H,4,13-18H2,1H3/b12-9+. The maximum atomic E-state index is 13.1. The smallest absolute Gasteiger partial charge is 0.246 e. The van der Waals surface area contributed by atoms with Crippen molar-refractivity contribution in [3.05, 3.63) is 87.6 Å². The summed E-state index contributed by atoms with van der Waals surface area (Å²) in [4.78, 5) is 21.5. The van der Waals surface area contributed by atoms with E-state index < -0.39 is 0 Å². The molecule has 172 valence electrons. The molecular formula is C26H28FN3O2S. The highest BCUT2D eigenvalue weighted by molar-refractivity contribution is 7.09. The molecule has 33 heavy (non-hydrogen) atoms. The summed E-state index contributed by atoms with van der Waals surface area (Å²) < 4.78 is 19.1. The van der Waals surface area contributed by atoms with E-state index in [0.717, 1.165) is 60.2 Å². The van der Waals surface area contributed by atoms with Gasteiger partial charge in [0.1, 0.15) is 18.2 Å².